The average molecular weight is 372 g/mol. The maximum Gasteiger partial charge on any atom is 0.205 e. The molecular weight excluding hydrogens is 355 g/mol. The Morgan fingerprint density at radius 1 is 1.31 bits per heavy atom. The molecule has 0 atom stereocenters. The minimum atomic E-state index is -0.306. The van der Waals surface area contributed by atoms with E-state index in [0.717, 1.165) is 5.56 Å². The number of nitrogens with one attached hydrogen (secondary N) is 1. The molecule has 1 aromatic heterocycles. The van der Waals surface area contributed by atoms with Crippen LogP contribution in [-0.2, 0) is 6.61 Å². The van der Waals surface area contributed by atoms with Gasteiger partial charge in [0, 0.05) is 10.9 Å². The van der Waals surface area contributed by atoms with E-state index in [1.54, 1.807) is 36.9 Å². The summed E-state index contributed by atoms with van der Waals surface area (Å²) in [7, 11) is 1.56. The number of anilines is 2. The van der Waals surface area contributed by atoms with Crippen molar-refractivity contribution < 1.29 is 13.9 Å². The van der Waals surface area contributed by atoms with Crippen LogP contribution in [0.25, 0.3) is 0 Å². The Kier molecular flexibility index (Phi) is 5.65. The maximum atomic E-state index is 13.3. The number of ether oxygens (including phenoxy) is 2. The largest absolute Gasteiger partial charge is 0.493 e. The maximum absolute atomic E-state index is 13.3. The molecule has 8 heteroatoms. The molecule has 6 nitrogen and oxygen atoms in total. The van der Waals surface area contributed by atoms with Gasteiger partial charge in [-0.25, -0.2) is 9.37 Å². The van der Waals surface area contributed by atoms with Crippen LogP contribution in [0, 0.1) is 5.82 Å². The zero-order valence-corrected chi connectivity index (χ0v) is 14.8. The second-order valence-electron chi connectivity index (χ2n) is 5.24. The molecule has 0 fully saturated rings. The number of hydrogen-bond donors (Lipinski definition) is 2. The van der Waals surface area contributed by atoms with E-state index in [1.807, 2.05) is 12.1 Å². The lowest BCUT2D eigenvalue weighted by Crippen LogP contribution is -2.02. The van der Waals surface area contributed by atoms with Gasteiger partial charge < -0.3 is 15.2 Å². The molecule has 0 aliphatic rings. The molecule has 3 aromatic rings. The quantitative estimate of drug-likeness (QED) is 0.486. The number of thiazole rings is 1. The van der Waals surface area contributed by atoms with Crippen molar-refractivity contribution in [3.8, 4) is 11.5 Å². The Hall–Kier alpha value is -3.13. The molecule has 2 aromatic carbocycles. The summed E-state index contributed by atoms with van der Waals surface area (Å²) in [6.07, 6.45) is 1.60. The minimum Gasteiger partial charge on any atom is -0.493 e. The first kappa shape index (κ1) is 17.7. The van der Waals surface area contributed by atoms with Gasteiger partial charge in [-0.2, -0.15) is 5.10 Å². The number of benzene rings is 2. The van der Waals surface area contributed by atoms with Crippen molar-refractivity contribution in [3.63, 3.8) is 0 Å². The van der Waals surface area contributed by atoms with E-state index in [1.165, 1.54) is 23.5 Å². The number of methoxy groups -OCH3 is 1. The van der Waals surface area contributed by atoms with Crippen molar-refractivity contribution in [2.45, 2.75) is 6.61 Å². The van der Waals surface area contributed by atoms with Crippen LogP contribution >= 0.6 is 11.3 Å². The third-order valence-corrected chi connectivity index (χ3v) is 4.15. The normalized spacial score (nSPS) is 10.8. The summed E-state index contributed by atoms with van der Waals surface area (Å²) in [5.74, 6) is 1.21. The summed E-state index contributed by atoms with van der Waals surface area (Å²) in [6, 6.07) is 11.7. The van der Waals surface area contributed by atoms with E-state index >= 15 is 0 Å². The van der Waals surface area contributed by atoms with E-state index in [-0.39, 0.29) is 12.4 Å². The molecule has 0 bridgehead atoms. The first-order chi connectivity index (χ1) is 12.7. The van der Waals surface area contributed by atoms with E-state index in [2.05, 4.69) is 15.5 Å². The summed E-state index contributed by atoms with van der Waals surface area (Å²) in [4.78, 5) is 4.06. The molecule has 0 spiro atoms. The van der Waals surface area contributed by atoms with E-state index < -0.39 is 0 Å². The number of hydrazone groups is 1. The summed E-state index contributed by atoms with van der Waals surface area (Å²) in [5, 5.41) is 6.46. The monoisotopic (exact) mass is 372 g/mol. The molecule has 0 saturated carbocycles. The van der Waals surface area contributed by atoms with Crippen molar-refractivity contribution in [3.05, 3.63) is 64.8 Å². The predicted octanol–water partition coefficient (Wildman–Crippen LogP) is 3.90. The molecule has 3 N–H and O–H groups in total. The van der Waals surface area contributed by atoms with Crippen LogP contribution in [0.5, 0.6) is 11.5 Å². The fourth-order valence-electron chi connectivity index (χ4n) is 2.23. The van der Waals surface area contributed by atoms with Gasteiger partial charge in [0.05, 0.1) is 13.3 Å². The number of nitrogens with two attached hydrogens (primary N) is 1. The highest BCUT2D eigenvalue weighted by molar-refractivity contribution is 7.14. The molecule has 0 aliphatic carbocycles. The molecule has 0 radical (unpaired) electrons. The van der Waals surface area contributed by atoms with Gasteiger partial charge in [0.2, 0.25) is 5.13 Å². The van der Waals surface area contributed by atoms with Crippen molar-refractivity contribution in [2.24, 2.45) is 5.10 Å². The fourth-order valence-corrected chi connectivity index (χ4v) is 2.78. The zero-order valence-electron chi connectivity index (χ0n) is 14.0. The number of nitrogens with zero attached hydrogens (tertiary/aromatic N) is 2. The molecule has 0 unspecified atom stereocenters. The molecule has 0 saturated heterocycles. The summed E-state index contributed by atoms with van der Waals surface area (Å²) < 4.78 is 24.5. The third-order valence-electron chi connectivity index (χ3n) is 3.39. The Labute approximate surface area is 154 Å². The van der Waals surface area contributed by atoms with Gasteiger partial charge in [-0.15, -0.1) is 11.3 Å². The van der Waals surface area contributed by atoms with Crippen molar-refractivity contribution in [1.82, 2.24) is 4.98 Å². The van der Waals surface area contributed by atoms with Gasteiger partial charge >= 0.3 is 0 Å². The Morgan fingerprint density at radius 2 is 2.15 bits per heavy atom. The molecule has 26 heavy (non-hydrogen) atoms. The van der Waals surface area contributed by atoms with Crippen LogP contribution in [0.2, 0.25) is 0 Å². The van der Waals surface area contributed by atoms with E-state index in [0.29, 0.717) is 28.0 Å². The van der Waals surface area contributed by atoms with Gasteiger partial charge in [-0.1, -0.05) is 18.2 Å². The van der Waals surface area contributed by atoms with Crippen LogP contribution in [0.1, 0.15) is 11.1 Å². The smallest absolute Gasteiger partial charge is 0.205 e. The lowest BCUT2D eigenvalue weighted by molar-refractivity contribution is 0.283. The Morgan fingerprint density at radius 3 is 2.88 bits per heavy atom. The van der Waals surface area contributed by atoms with Gasteiger partial charge in [-0.3, -0.25) is 5.43 Å². The second-order valence-corrected chi connectivity index (χ2v) is 6.10. The number of halogens is 1. The fraction of sp³-hybridized carbons (Fsp3) is 0.111. The van der Waals surface area contributed by atoms with Crippen LogP contribution in [0.15, 0.2) is 52.9 Å². The molecule has 1 heterocycles. The highest BCUT2D eigenvalue weighted by Gasteiger charge is 2.10. The van der Waals surface area contributed by atoms with Crippen LogP contribution in [0.4, 0.5) is 15.3 Å². The molecule has 0 amide bonds. The summed E-state index contributed by atoms with van der Waals surface area (Å²) in [6.45, 7) is 0.204. The van der Waals surface area contributed by atoms with Crippen molar-refractivity contribution >= 4 is 28.5 Å². The number of para-hydroxylation sites is 1. The standard InChI is InChI=1S/C18H17FN4O2S/c1-24-15-7-3-5-13(9-21-23-18-22-16(20)11-26-18)17(15)25-10-12-4-2-6-14(19)8-12/h2-9,11H,10,20H2,1H3,(H,22,23). The second kappa shape index (κ2) is 8.30. The van der Waals surface area contributed by atoms with Crippen LogP contribution in [0.3, 0.4) is 0 Å². The lowest BCUT2D eigenvalue weighted by Gasteiger charge is -2.13. The summed E-state index contributed by atoms with van der Waals surface area (Å²) >= 11 is 1.35. The molecule has 0 aliphatic heterocycles. The third kappa shape index (κ3) is 4.48. The molecule has 3 rings (SSSR count). The summed E-state index contributed by atoms with van der Waals surface area (Å²) in [5.41, 5.74) is 9.81. The molecule has 134 valence electrons. The highest BCUT2D eigenvalue weighted by Crippen LogP contribution is 2.31. The molecular formula is C18H17FN4O2S. The predicted molar refractivity (Wildman–Crippen MR) is 101 cm³/mol. The van der Waals surface area contributed by atoms with Gasteiger partial charge in [0.1, 0.15) is 18.2 Å². The van der Waals surface area contributed by atoms with Gasteiger partial charge in [0.15, 0.2) is 11.5 Å². The van der Waals surface area contributed by atoms with Crippen molar-refractivity contribution in [2.75, 3.05) is 18.3 Å². The van der Waals surface area contributed by atoms with Gasteiger partial charge in [-0.05, 0) is 29.8 Å². The first-order valence-electron chi connectivity index (χ1n) is 7.70. The van der Waals surface area contributed by atoms with E-state index in [9.17, 15) is 4.39 Å². The lowest BCUT2D eigenvalue weighted by atomic mass is 10.2. The topological polar surface area (TPSA) is 81.8 Å². The Bertz CT molecular complexity index is 914. The number of rotatable bonds is 7. The Balaban J connectivity index is 1.76. The number of aromatic nitrogens is 1. The average Bonchev–Trinajstić information content (AvgIpc) is 3.05. The number of nitrogen functional groups attached to an aromatic ring is 1. The van der Waals surface area contributed by atoms with E-state index in [4.69, 9.17) is 15.2 Å². The minimum absolute atomic E-state index is 0.204. The van der Waals surface area contributed by atoms with Crippen molar-refractivity contribution in [1.29, 1.82) is 0 Å². The first-order valence-corrected chi connectivity index (χ1v) is 8.58. The van der Waals surface area contributed by atoms with Gasteiger partial charge in [0.25, 0.3) is 0 Å². The van der Waals surface area contributed by atoms with Crippen LogP contribution in [-0.4, -0.2) is 18.3 Å². The SMILES string of the molecule is COc1cccc(C=NNc2nc(N)cs2)c1OCc1cccc(F)c1. The zero-order chi connectivity index (χ0) is 18.4. The number of hydrogen-bond acceptors (Lipinski definition) is 7. The van der Waals surface area contributed by atoms with Crippen LogP contribution < -0.4 is 20.6 Å². The highest BCUT2D eigenvalue weighted by atomic mass is 32.1.